The summed E-state index contributed by atoms with van der Waals surface area (Å²) in [5.74, 6) is 0. The molecule has 0 nitrogen and oxygen atoms in total. The first-order chi connectivity index (χ1) is 10.6. The third kappa shape index (κ3) is 2.44. The molecule has 23 heavy (non-hydrogen) atoms. The van der Waals surface area contributed by atoms with Crippen LogP contribution in [0.3, 0.4) is 0 Å². The molecule has 1 aliphatic carbocycles. The molecular weight excluding hydrogens is 344 g/mol. The van der Waals surface area contributed by atoms with E-state index < -0.39 is 0 Å². The van der Waals surface area contributed by atoms with Crippen molar-refractivity contribution in [2.75, 3.05) is 0 Å². The van der Waals surface area contributed by atoms with Crippen LogP contribution in [0.15, 0.2) is 66.7 Å². The highest BCUT2D eigenvalue weighted by Crippen LogP contribution is 2.49. The van der Waals surface area contributed by atoms with Crippen LogP contribution in [-0.2, 0) is 5.41 Å². The average molecular weight is 365 g/mol. The lowest BCUT2D eigenvalue weighted by molar-refractivity contribution is 0.660. The fraction of sp³-hybridized carbons (Fsp3) is 0.182. The van der Waals surface area contributed by atoms with Crippen LogP contribution in [0.2, 0.25) is 0 Å². The smallest absolute Gasteiger partial charge is 0.0159 e. The van der Waals surface area contributed by atoms with E-state index in [0.717, 1.165) is 0 Å². The molecule has 0 N–H and O–H groups in total. The molecule has 116 valence electrons. The van der Waals surface area contributed by atoms with Crippen molar-refractivity contribution >= 4 is 17.0 Å². The molecular formula is C22H21Br. The zero-order chi connectivity index (χ0) is 15.3. The monoisotopic (exact) mass is 364 g/mol. The fourth-order valence-electron chi connectivity index (χ4n) is 3.66. The van der Waals surface area contributed by atoms with E-state index >= 15 is 0 Å². The Labute approximate surface area is 149 Å². The number of rotatable bonds is 1. The minimum Gasteiger partial charge on any atom is -0.114 e. The van der Waals surface area contributed by atoms with Gasteiger partial charge in [-0.1, -0.05) is 80.1 Å². The van der Waals surface area contributed by atoms with Gasteiger partial charge in [0.15, 0.2) is 0 Å². The molecule has 3 aromatic rings. The third-order valence-corrected chi connectivity index (χ3v) is 4.94. The van der Waals surface area contributed by atoms with Crippen molar-refractivity contribution in [3.63, 3.8) is 0 Å². The summed E-state index contributed by atoms with van der Waals surface area (Å²) in [4.78, 5) is 0. The summed E-state index contributed by atoms with van der Waals surface area (Å²) in [7, 11) is 0. The van der Waals surface area contributed by atoms with Crippen molar-refractivity contribution < 1.29 is 0 Å². The molecule has 0 bridgehead atoms. The second kappa shape index (κ2) is 5.65. The van der Waals surface area contributed by atoms with Gasteiger partial charge in [-0.2, -0.15) is 0 Å². The fourth-order valence-corrected chi connectivity index (χ4v) is 3.66. The van der Waals surface area contributed by atoms with Gasteiger partial charge in [0, 0.05) is 5.41 Å². The minimum atomic E-state index is 0. The Balaban J connectivity index is 0.00000156. The highest BCUT2D eigenvalue weighted by atomic mass is 79.9. The Kier molecular flexibility index (Phi) is 3.93. The second-order valence-electron chi connectivity index (χ2n) is 6.80. The van der Waals surface area contributed by atoms with Crippen LogP contribution in [-0.4, -0.2) is 0 Å². The molecule has 4 rings (SSSR count). The molecule has 0 aliphatic heterocycles. The van der Waals surface area contributed by atoms with Gasteiger partial charge in [0.2, 0.25) is 0 Å². The van der Waals surface area contributed by atoms with Crippen molar-refractivity contribution in [3.8, 4) is 22.3 Å². The van der Waals surface area contributed by atoms with E-state index in [0.29, 0.717) is 0 Å². The second-order valence-corrected chi connectivity index (χ2v) is 6.80. The number of benzene rings is 3. The molecule has 0 amide bonds. The van der Waals surface area contributed by atoms with E-state index in [1.165, 1.54) is 38.9 Å². The lowest BCUT2D eigenvalue weighted by atomic mass is 9.81. The summed E-state index contributed by atoms with van der Waals surface area (Å²) in [6, 6.07) is 24.4. The Morgan fingerprint density at radius 1 is 0.652 bits per heavy atom. The van der Waals surface area contributed by atoms with Crippen LogP contribution in [0.1, 0.15) is 30.5 Å². The number of hydrogen-bond donors (Lipinski definition) is 0. The summed E-state index contributed by atoms with van der Waals surface area (Å²) in [6.07, 6.45) is 0. The van der Waals surface area contributed by atoms with Gasteiger partial charge in [-0.15, -0.1) is 17.0 Å². The summed E-state index contributed by atoms with van der Waals surface area (Å²) in [6.45, 7) is 6.85. The average Bonchev–Trinajstić information content (AvgIpc) is 2.76. The zero-order valence-corrected chi connectivity index (χ0v) is 15.5. The lowest BCUT2D eigenvalue weighted by Crippen LogP contribution is -2.15. The van der Waals surface area contributed by atoms with Gasteiger partial charge in [-0.25, -0.2) is 0 Å². The van der Waals surface area contributed by atoms with E-state index in [-0.39, 0.29) is 22.4 Å². The normalized spacial score (nSPS) is 13.9. The van der Waals surface area contributed by atoms with Gasteiger partial charge in [0.05, 0.1) is 0 Å². The minimum absolute atomic E-state index is 0. The van der Waals surface area contributed by atoms with Crippen LogP contribution < -0.4 is 0 Å². The van der Waals surface area contributed by atoms with Crippen molar-refractivity contribution in [1.82, 2.24) is 0 Å². The van der Waals surface area contributed by atoms with E-state index in [2.05, 4.69) is 87.5 Å². The molecule has 1 heteroatoms. The predicted molar refractivity (Wildman–Crippen MR) is 105 cm³/mol. The quantitative estimate of drug-likeness (QED) is 0.459. The largest absolute Gasteiger partial charge is 0.114 e. The van der Waals surface area contributed by atoms with Crippen molar-refractivity contribution in [2.24, 2.45) is 0 Å². The topological polar surface area (TPSA) is 0 Å². The van der Waals surface area contributed by atoms with Gasteiger partial charge in [-0.05, 0) is 46.4 Å². The molecule has 0 unspecified atom stereocenters. The summed E-state index contributed by atoms with van der Waals surface area (Å²) < 4.78 is 0. The standard InChI is InChI=1S/C22H20.BrH/c1-15-9-11-18-19-12-10-17(16-7-5-4-6-8-16)14-21(19)22(2,3)20(18)13-15;/h4-14H,1-3H3;1H. The summed E-state index contributed by atoms with van der Waals surface area (Å²) in [5.41, 5.74) is 9.67. The SMILES string of the molecule is Br.Cc1ccc2c(c1)C(C)(C)c1cc(-c3ccccc3)ccc1-2. The molecule has 0 spiro atoms. The number of hydrogen-bond acceptors (Lipinski definition) is 0. The molecule has 0 heterocycles. The van der Waals surface area contributed by atoms with Crippen LogP contribution in [0.5, 0.6) is 0 Å². The third-order valence-electron chi connectivity index (χ3n) is 4.94. The molecule has 0 atom stereocenters. The van der Waals surface area contributed by atoms with Crippen LogP contribution in [0.4, 0.5) is 0 Å². The maximum Gasteiger partial charge on any atom is 0.0159 e. The lowest BCUT2D eigenvalue weighted by Gasteiger charge is -2.22. The molecule has 1 aliphatic rings. The highest BCUT2D eigenvalue weighted by Gasteiger charge is 2.35. The Hall–Kier alpha value is -1.86. The molecule has 0 saturated carbocycles. The van der Waals surface area contributed by atoms with Crippen LogP contribution in [0, 0.1) is 6.92 Å². The van der Waals surface area contributed by atoms with E-state index in [4.69, 9.17) is 0 Å². The number of aryl methyl sites for hydroxylation is 1. The Morgan fingerprint density at radius 2 is 1.26 bits per heavy atom. The van der Waals surface area contributed by atoms with Gasteiger partial charge < -0.3 is 0 Å². The maximum absolute atomic E-state index is 2.38. The van der Waals surface area contributed by atoms with E-state index in [1.807, 2.05) is 0 Å². The molecule has 0 radical (unpaired) electrons. The molecule has 0 fully saturated rings. The van der Waals surface area contributed by atoms with E-state index in [9.17, 15) is 0 Å². The first kappa shape index (κ1) is 16.0. The van der Waals surface area contributed by atoms with Gasteiger partial charge >= 0.3 is 0 Å². The molecule has 3 aromatic carbocycles. The first-order valence-electron chi connectivity index (χ1n) is 7.89. The Morgan fingerprint density at radius 3 is 1.96 bits per heavy atom. The van der Waals surface area contributed by atoms with Gasteiger partial charge in [-0.3, -0.25) is 0 Å². The maximum atomic E-state index is 2.38. The van der Waals surface area contributed by atoms with Gasteiger partial charge in [0.1, 0.15) is 0 Å². The summed E-state index contributed by atoms with van der Waals surface area (Å²) in [5, 5.41) is 0. The number of fused-ring (bicyclic) bond motifs is 3. The molecule has 0 aromatic heterocycles. The highest BCUT2D eigenvalue weighted by molar-refractivity contribution is 8.93. The predicted octanol–water partition coefficient (Wildman–Crippen LogP) is 6.55. The van der Waals surface area contributed by atoms with Crippen molar-refractivity contribution in [2.45, 2.75) is 26.2 Å². The zero-order valence-electron chi connectivity index (χ0n) is 13.8. The summed E-state index contributed by atoms with van der Waals surface area (Å²) >= 11 is 0. The van der Waals surface area contributed by atoms with Crippen LogP contribution in [0.25, 0.3) is 22.3 Å². The molecule has 0 saturated heterocycles. The van der Waals surface area contributed by atoms with E-state index in [1.54, 1.807) is 0 Å². The van der Waals surface area contributed by atoms with Crippen molar-refractivity contribution in [1.29, 1.82) is 0 Å². The first-order valence-corrected chi connectivity index (χ1v) is 7.89. The van der Waals surface area contributed by atoms with Crippen molar-refractivity contribution in [3.05, 3.63) is 83.4 Å². The van der Waals surface area contributed by atoms with Gasteiger partial charge in [0.25, 0.3) is 0 Å². The Bertz CT molecular complexity index is 860. The van der Waals surface area contributed by atoms with Crippen LogP contribution >= 0.6 is 17.0 Å². The number of halogens is 1.